The van der Waals surface area contributed by atoms with Crippen molar-refractivity contribution in [2.45, 2.75) is 38.3 Å². The molecule has 2 rings (SSSR count). The lowest BCUT2D eigenvalue weighted by atomic mass is 10.1. The molecule has 0 aliphatic heterocycles. The molecule has 0 heterocycles. The van der Waals surface area contributed by atoms with Crippen molar-refractivity contribution in [3.63, 3.8) is 0 Å². The Morgan fingerprint density at radius 3 is 2.56 bits per heavy atom. The Bertz CT molecular complexity index is 606. The number of aliphatic carboxylic acids is 1. The van der Waals surface area contributed by atoms with Crippen molar-refractivity contribution >= 4 is 17.9 Å². The number of carboxylic acids is 1. The standard InChI is InChI=1S/C18H25N3O4/c1-21(12-13-5-3-2-4-6-13)18(25)19-10-9-16(22)20-15-8-7-14(11-15)17(23)24/h2-6,14-15H,7-12H2,1H3,(H,19,25)(H,20,22)(H,23,24)/t14-,15+/m0/s1. The van der Waals surface area contributed by atoms with Crippen molar-refractivity contribution in [2.24, 2.45) is 5.92 Å². The highest BCUT2D eigenvalue weighted by Crippen LogP contribution is 2.25. The Kier molecular flexibility index (Phi) is 6.80. The van der Waals surface area contributed by atoms with Crippen LogP contribution in [0, 0.1) is 5.92 Å². The fourth-order valence-corrected chi connectivity index (χ4v) is 2.98. The van der Waals surface area contributed by atoms with E-state index in [0.717, 1.165) is 5.56 Å². The molecule has 1 aliphatic carbocycles. The van der Waals surface area contributed by atoms with Crippen LogP contribution < -0.4 is 10.6 Å². The summed E-state index contributed by atoms with van der Waals surface area (Å²) in [4.78, 5) is 36.4. The molecule has 25 heavy (non-hydrogen) atoms. The third kappa shape index (κ3) is 6.10. The van der Waals surface area contributed by atoms with E-state index < -0.39 is 5.97 Å². The molecule has 2 atom stereocenters. The van der Waals surface area contributed by atoms with Crippen LogP contribution in [0.25, 0.3) is 0 Å². The molecular weight excluding hydrogens is 322 g/mol. The molecule has 1 aliphatic rings. The highest BCUT2D eigenvalue weighted by molar-refractivity contribution is 5.78. The Hall–Kier alpha value is -2.57. The number of hydrogen-bond acceptors (Lipinski definition) is 3. The minimum absolute atomic E-state index is 0.0787. The van der Waals surface area contributed by atoms with Crippen LogP contribution in [0.1, 0.15) is 31.2 Å². The lowest BCUT2D eigenvalue weighted by Gasteiger charge is -2.18. The van der Waals surface area contributed by atoms with Crippen molar-refractivity contribution in [1.29, 1.82) is 0 Å². The van der Waals surface area contributed by atoms with Crippen LogP contribution in [-0.2, 0) is 16.1 Å². The first-order valence-electron chi connectivity index (χ1n) is 8.50. The zero-order chi connectivity index (χ0) is 18.2. The van der Waals surface area contributed by atoms with Crippen LogP contribution in [0.3, 0.4) is 0 Å². The summed E-state index contributed by atoms with van der Waals surface area (Å²) in [5, 5.41) is 14.5. The summed E-state index contributed by atoms with van der Waals surface area (Å²) in [6, 6.07) is 9.35. The van der Waals surface area contributed by atoms with Crippen LogP contribution >= 0.6 is 0 Å². The Morgan fingerprint density at radius 1 is 1.20 bits per heavy atom. The fraction of sp³-hybridized carbons (Fsp3) is 0.500. The molecular formula is C18H25N3O4. The van der Waals surface area contributed by atoms with Crippen molar-refractivity contribution < 1.29 is 19.5 Å². The summed E-state index contributed by atoms with van der Waals surface area (Å²) in [7, 11) is 1.70. The van der Waals surface area contributed by atoms with Crippen molar-refractivity contribution in [1.82, 2.24) is 15.5 Å². The second kappa shape index (κ2) is 9.05. The zero-order valence-corrected chi connectivity index (χ0v) is 14.4. The second-order valence-electron chi connectivity index (χ2n) is 6.44. The molecule has 1 fully saturated rings. The molecule has 1 saturated carbocycles. The van der Waals surface area contributed by atoms with Crippen molar-refractivity contribution in [3.8, 4) is 0 Å². The number of carboxylic acid groups (broad SMARTS) is 1. The molecule has 3 N–H and O–H groups in total. The van der Waals surface area contributed by atoms with Gasteiger partial charge in [0.2, 0.25) is 5.91 Å². The molecule has 0 aromatic heterocycles. The molecule has 1 aromatic rings. The second-order valence-corrected chi connectivity index (χ2v) is 6.44. The normalized spacial score (nSPS) is 19.2. The number of urea groups is 1. The molecule has 7 nitrogen and oxygen atoms in total. The zero-order valence-electron chi connectivity index (χ0n) is 14.4. The number of hydrogen-bond donors (Lipinski definition) is 3. The topological polar surface area (TPSA) is 98.7 Å². The molecule has 0 unspecified atom stereocenters. The molecule has 136 valence electrons. The number of carbonyl (C=O) groups excluding carboxylic acids is 2. The van der Waals surface area contributed by atoms with Gasteiger partial charge in [-0.1, -0.05) is 30.3 Å². The summed E-state index contributed by atoms with van der Waals surface area (Å²) < 4.78 is 0. The molecule has 0 bridgehead atoms. The smallest absolute Gasteiger partial charge is 0.317 e. The van der Waals surface area contributed by atoms with E-state index in [2.05, 4.69) is 10.6 Å². The number of amides is 3. The van der Waals surface area contributed by atoms with Gasteiger partial charge >= 0.3 is 12.0 Å². The van der Waals surface area contributed by atoms with E-state index in [4.69, 9.17) is 5.11 Å². The van der Waals surface area contributed by atoms with Gasteiger partial charge in [-0.2, -0.15) is 0 Å². The first-order valence-corrected chi connectivity index (χ1v) is 8.50. The van der Waals surface area contributed by atoms with Crippen molar-refractivity contribution in [3.05, 3.63) is 35.9 Å². The first-order chi connectivity index (χ1) is 12.0. The van der Waals surface area contributed by atoms with Gasteiger partial charge in [0.25, 0.3) is 0 Å². The van der Waals surface area contributed by atoms with E-state index in [9.17, 15) is 14.4 Å². The van der Waals surface area contributed by atoms with Gasteiger partial charge in [0.05, 0.1) is 5.92 Å². The minimum Gasteiger partial charge on any atom is -0.481 e. The van der Waals surface area contributed by atoms with Gasteiger partial charge in [-0.25, -0.2) is 4.79 Å². The van der Waals surface area contributed by atoms with Crippen LogP contribution in [-0.4, -0.2) is 47.5 Å². The predicted octanol–water partition coefficient (Wildman–Crippen LogP) is 1.59. The average molecular weight is 347 g/mol. The minimum atomic E-state index is -0.800. The quantitative estimate of drug-likeness (QED) is 0.697. The van der Waals surface area contributed by atoms with Gasteiger partial charge in [0.1, 0.15) is 0 Å². The Labute approximate surface area is 147 Å². The maximum atomic E-state index is 12.0. The third-order valence-corrected chi connectivity index (χ3v) is 4.38. The lowest BCUT2D eigenvalue weighted by Crippen LogP contribution is -2.40. The molecule has 7 heteroatoms. The number of nitrogens with one attached hydrogen (secondary N) is 2. The van der Waals surface area contributed by atoms with E-state index in [1.54, 1.807) is 11.9 Å². The predicted molar refractivity (Wildman–Crippen MR) is 92.8 cm³/mol. The summed E-state index contributed by atoms with van der Waals surface area (Å²) in [6.07, 6.45) is 1.95. The summed E-state index contributed by atoms with van der Waals surface area (Å²) >= 11 is 0. The van der Waals surface area contributed by atoms with E-state index >= 15 is 0 Å². The first kappa shape index (κ1) is 18.8. The number of nitrogens with zero attached hydrogens (tertiary/aromatic N) is 1. The Morgan fingerprint density at radius 2 is 1.92 bits per heavy atom. The van der Waals surface area contributed by atoms with Crippen LogP contribution in [0.4, 0.5) is 4.79 Å². The van der Waals surface area contributed by atoms with Gasteiger partial charge < -0.3 is 20.6 Å². The number of benzene rings is 1. The van der Waals surface area contributed by atoms with Gasteiger partial charge in [0.15, 0.2) is 0 Å². The molecule has 0 saturated heterocycles. The highest BCUT2D eigenvalue weighted by Gasteiger charge is 2.30. The summed E-state index contributed by atoms with van der Waals surface area (Å²) in [5.41, 5.74) is 1.03. The molecule has 1 aromatic carbocycles. The molecule has 3 amide bonds. The SMILES string of the molecule is CN(Cc1ccccc1)C(=O)NCCC(=O)N[C@@H]1CC[C@H](C(=O)O)C1. The largest absolute Gasteiger partial charge is 0.481 e. The number of rotatable bonds is 7. The van der Waals surface area contributed by atoms with E-state index in [0.29, 0.717) is 25.8 Å². The van der Waals surface area contributed by atoms with Gasteiger partial charge in [0, 0.05) is 32.6 Å². The maximum Gasteiger partial charge on any atom is 0.317 e. The molecule has 0 radical (unpaired) electrons. The monoisotopic (exact) mass is 347 g/mol. The van der Waals surface area contributed by atoms with E-state index in [1.807, 2.05) is 30.3 Å². The van der Waals surface area contributed by atoms with Crippen LogP contribution in [0.15, 0.2) is 30.3 Å². The summed E-state index contributed by atoms with van der Waals surface area (Å²) in [6.45, 7) is 0.746. The Balaban J connectivity index is 1.63. The van der Waals surface area contributed by atoms with E-state index in [-0.39, 0.29) is 36.9 Å². The van der Waals surface area contributed by atoms with Gasteiger partial charge in [-0.05, 0) is 24.8 Å². The lowest BCUT2D eigenvalue weighted by molar-refractivity contribution is -0.141. The summed E-state index contributed by atoms with van der Waals surface area (Å²) in [5.74, 6) is -1.33. The third-order valence-electron chi connectivity index (χ3n) is 4.38. The average Bonchev–Trinajstić information content (AvgIpc) is 3.04. The maximum absolute atomic E-state index is 12.0. The van der Waals surface area contributed by atoms with Gasteiger partial charge in [-0.3, -0.25) is 9.59 Å². The van der Waals surface area contributed by atoms with Crippen LogP contribution in [0.5, 0.6) is 0 Å². The van der Waals surface area contributed by atoms with E-state index in [1.165, 1.54) is 0 Å². The van der Waals surface area contributed by atoms with Crippen molar-refractivity contribution in [2.75, 3.05) is 13.6 Å². The van der Waals surface area contributed by atoms with Crippen LogP contribution in [0.2, 0.25) is 0 Å². The number of carbonyl (C=O) groups is 3. The fourth-order valence-electron chi connectivity index (χ4n) is 2.98. The highest BCUT2D eigenvalue weighted by atomic mass is 16.4. The van der Waals surface area contributed by atoms with Gasteiger partial charge in [-0.15, -0.1) is 0 Å². The molecule has 0 spiro atoms.